The van der Waals surface area contributed by atoms with Gasteiger partial charge in [0.15, 0.2) is 0 Å². The highest BCUT2D eigenvalue weighted by Crippen LogP contribution is 2.38. The Balaban J connectivity index is 1.91. The molecule has 0 radical (unpaired) electrons. The molecule has 18 heavy (non-hydrogen) atoms. The summed E-state index contributed by atoms with van der Waals surface area (Å²) in [5, 5.41) is 4.32. The lowest BCUT2D eigenvalue weighted by molar-refractivity contribution is 0.414. The number of ether oxygens (including phenoxy) is 1. The predicted molar refractivity (Wildman–Crippen MR) is 74.5 cm³/mol. The van der Waals surface area contributed by atoms with Gasteiger partial charge in [-0.25, -0.2) is 0 Å². The van der Waals surface area contributed by atoms with Gasteiger partial charge in [-0.3, -0.25) is 0 Å². The van der Waals surface area contributed by atoms with Crippen molar-refractivity contribution in [3.8, 4) is 5.75 Å². The summed E-state index contributed by atoms with van der Waals surface area (Å²) in [5.41, 5.74) is 3.59. The van der Waals surface area contributed by atoms with Crippen LogP contribution < -0.4 is 10.1 Å². The van der Waals surface area contributed by atoms with Crippen LogP contribution in [0.25, 0.3) is 0 Å². The predicted octanol–water partition coefficient (Wildman–Crippen LogP) is 4.06. The molecule has 0 saturated carbocycles. The molecule has 3 rings (SSSR count). The second-order valence-electron chi connectivity index (χ2n) is 4.45. The SMILES string of the molecule is COc1ccc2c(c1)CC(c1ccccc1Cl)N2. The summed E-state index contributed by atoms with van der Waals surface area (Å²) >= 11 is 6.24. The summed E-state index contributed by atoms with van der Waals surface area (Å²) in [6, 6.07) is 14.3. The fraction of sp³-hybridized carbons (Fsp3) is 0.200. The molecule has 0 spiro atoms. The van der Waals surface area contributed by atoms with Gasteiger partial charge in [-0.05, 0) is 41.8 Å². The Morgan fingerprint density at radius 3 is 2.83 bits per heavy atom. The minimum Gasteiger partial charge on any atom is -0.497 e. The number of benzene rings is 2. The average molecular weight is 260 g/mol. The molecule has 3 heteroatoms. The Kier molecular flexibility index (Phi) is 2.88. The van der Waals surface area contributed by atoms with Crippen molar-refractivity contribution in [3.63, 3.8) is 0 Å². The summed E-state index contributed by atoms with van der Waals surface area (Å²) in [6.45, 7) is 0. The highest BCUT2D eigenvalue weighted by atomic mass is 35.5. The zero-order valence-corrected chi connectivity index (χ0v) is 10.9. The van der Waals surface area contributed by atoms with Crippen molar-refractivity contribution < 1.29 is 4.74 Å². The van der Waals surface area contributed by atoms with Crippen molar-refractivity contribution in [2.45, 2.75) is 12.5 Å². The van der Waals surface area contributed by atoms with Gasteiger partial charge in [0.25, 0.3) is 0 Å². The van der Waals surface area contributed by atoms with Crippen LogP contribution in [-0.2, 0) is 6.42 Å². The van der Waals surface area contributed by atoms with Crippen molar-refractivity contribution in [3.05, 3.63) is 58.6 Å². The lowest BCUT2D eigenvalue weighted by Crippen LogP contribution is -2.05. The van der Waals surface area contributed by atoms with Crippen molar-refractivity contribution in [1.29, 1.82) is 0 Å². The first-order valence-electron chi connectivity index (χ1n) is 5.96. The van der Waals surface area contributed by atoms with E-state index in [0.717, 1.165) is 22.8 Å². The fourth-order valence-electron chi connectivity index (χ4n) is 2.41. The van der Waals surface area contributed by atoms with Crippen LogP contribution in [0, 0.1) is 0 Å². The summed E-state index contributed by atoms with van der Waals surface area (Å²) in [6.07, 6.45) is 0.941. The van der Waals surface area contributed by atoms with Gasteiger partial charge in [-0.15, -0.1) is 0 Å². The van der Waals surface area contributed by atoms with Gasteiger partial charge in [0, 0.05) is 10.7 Å². The first-order valence-corrected chi connectivity index (χ1v) is 6.33. The maximum atomic E-state index is 6.24. The van der Waals surface area contributed by atoms with E-state index >= 15 is 0 Å². The van der Waals surface area contributed by atoms with Gasteiger partial charge in [0.2, 0.25) is 0 Å². The third-order valence-electron chi connectivity index (χ3n) is 3.35. The number of hydrogen-bond acceptors (Lipinski definition) is 2. The molecule has 1 N–H and O–H groups in total. The second-order valence-corrected chi connectivity index (χ2v) is 4.85. The Bertz CT molecular complexity index is 582. The van der Waals surface area contributed by atoms with E-state index in [0.29, 0.717) is 0 Å². The highest BCUT2D eigenvalue weighted by molar-refractivity contribution is 6.31. The Labute approximate surface area is 112 Å². The van der Waals surface area contributed by atoms with Crippen LogP contribution >= 0.6 is 11.6 Å². The molecule has 1 heterocycles. The number of fused-ring (bicyclic) bond motifs is 1. The molecule has 1 aliphatic heterocycles. The van der Waals surface area contributed by atoms with Crippen LogP contribution in [0.3, 0.4) is 0 Å². The minimum absolute atomic E-state index is 0.251. The van der Waals surface area contributed by atoms with Gasteiger partial charge in [-0.1, -0.05) is 29.8 Å². The first-order chi connectivity index (χ1) is 8.78. The van der Waals surface area contributed by atoms with Crippen LogP contribution in [0.15, 0.2) is 42.5 Å². The zero-order valence-electron chi connectivity index (χ0n) is 10.1. The van der Waals surface area contributed by atoms with Gasteiger partial charge >= 0.3 is 0 Å². The summed E-state index contributed by atoms with van der Waals surface area (Å²) < 4.78 is 5.25. The molecule has 0 aromatic heterocycles. The monoisotopic (exact) mass is 259 g/mol. The van der Waals surface area contributed by atoms with Gasteiger partial charge in [0.05, 0.1) is 13.2 Å². The average Bonchev–Trinajstić information content (AvgIpc) is 2.81. The van der Waals surface area contributed by atoms with E-state index < -0.39 is 0 Å². The van der Waals surface area contributed by atoms with Gasteiger partial charge < -0.3 is 10.1 Å². The Morgan fingerprint density at radius 1 is 1.22 bits per heavy atom. The van der Waals surface area contributed by atoms with Crippen molar-refractivity contribution >= 4 is 17.3 Å². The molecule has 1 atom stereocenters. The molecule has 0 aliphatic carbocycles. The number of methoxy groups -OCH3 is 1. The lowest BCUT2D eigenvalue weighted by Gasteiger charge is -2.13. The molecular formula is C15H14ClNO. The smallest absolute Gasteiger partial charge is 0.119 e. The van der Waals surface area contributed by atoms with E-state index in [1.54, 1.807) is 7.11 Å². The fourth-order valence-corrected chi connectivity index (χ4v) is 2.68. The van der Waals surface area contributed by atoms with Crippen molar-refractivity contribution in [1.82, 2.24) is 0 Å². The van der Waals surface area contributed by atoms with Crippen LogP contribution in [0.1, 0.15) is 17.2 Å². The number of anilines is 1. The molecule has 1 aliphatic rings. The maximum Gasteiger partial charge on any atom is 0.119 e. The van der Waals surface area contributed by atoms with Gasteiger partial charge in [-0.2, -0.15) is 0 Å². The van der Waals surface area contributed by atoms with Crippen molar-refractivity contribution in [2.24, 2.45) is 0 Å². The topological polar surface area (TPSA) is 21.3 Å². The third kappa shape index (κ3) is 1.93. The molecule has 1 unspecified atom stereocenters. The van der Waals surface area contributed by atoms with E-state index in [4.69, 9.17) is 16.3 Å². The third-order valence-corrected chi connectivity index (χ3v) is 3.69. The molecular weight excluding hydrogens is 246 g/mol. The van der Waals surface area contributed by atoms with E-state index in [1.807, 2.05) is 24.3 Å². The molecule has 2 aromatic carbocycles. The van der Waals surface area contributed by atoms with Crippen LogP contribution in [0.2, 0.25) is 5.02 Å². The molecule has 0 fully saturated rings. The number of nitrogens with one attached hydrogen (secondary N) is 1. The quantitative estimate of drug-likeness (QED) is 0.878. The number of rotatable bonds is 2. The van der Waals surface area contributed by atoms with Gasteiger partial charge in [0.1, 0.15) is 5.75 Å². The standard InChI is InChI=1S/C15H14ClNO/c1-18-11-6-7-14-10(8-11)9-15(17-14)12-4-2-3-5-13(12)16/h2-8,15,17H,9H2,1H3. The number of halogens is 1. The highest BCUT2D eigenvalue weighted by Gasteiger charge is 2.23. The molecule has 2 nitrogen and oxygen atoms in total. The van der Waals surface area contributed by atoms with E-state index in [9.17, 15) is 0 Å². The summed E-state index contributed by atoms with van der Waals surface area (Å²) in [5.74, 6) is 0.898. The Hall–Kier alpha value is -1.67. The minimum atomic E-state index is 0.251. The summed E-state index contributed by atoms with van der Waals surface area (Å²) in [7, 11) is 1.69. The van der Waals surface area contributed by atoms with E-state index in [2.05, 4.69) is 23.5 Å². The van der Waals surface area contributed by atoms with E-state index in [1.165, 1.54) is 11.3 Å². The molecule has 0 bridgehead atoms. The molecule has 0 amide bonds. The van der Waals surface area contributed by atoms with Crippen LogP contribution in [0.5, 0.6) is 5.75 Å². The second kappa shape index (κ2) is 4.54. The summed E-state index contributed by atoms with van der Waals surface area (Å²) in [4.78, 5) is 0. The largest absolute Gasteiger partial charge is 0.497 e. The molecule has 0 saturated heterocycles. The lowest BCUT2D eigenvalue weighted by atomic mass is 10.0. The maximum absolute atomic E-state index is 6.24. The normalized spacial score (nSPS) is 17.1. The Morgan fingerprint density at radius 2 is 2.06 bits per heavy atom. The number of hydrogen-bond donors (Lipinski definition) is 1. The van der Waals surface area contributed by atoms with Crippen LogP contribution in [-0.4, -0.2) is 7.11 Å². The molecule has 2 aromatic rings. The van der Waals surface area contributed by atoms with Crippen molar-refractivity contribution in [2.75, 3.05) is 12.4 Å². The van der Waals surface area contributed by atoms with Crippen LogP contribution in [0.4, 0.5) is 5.69 Å². The molecule has 92 valence electrons. The zero-order chi connectivity index (χ0) is 12.5. The van der Waals surface area contributed by atoms with E-state index in [-0.39, 0.29) is 6.04 Å². The first kappa shape index (κ1) is 11.4.